The van der Waals surface area contributed by atoms with Crippen LogP contribution >= 0.6 is 0 Å². The first kappa shape index (κ1) is 32.4. The van der Waals surface area contributed by atoms with Gasteiger partial charge in [-0.15, -0.1) is 0 Å². The van der Waals surface area contributed by atoms with Gasteiger partial charge in [0, 0.05) is 12.6 Å². The molecular weight excluding hydrogens is 561 g/mol. The summed E-state index contributed by atoms with van der Waals surface area (Å²) in [6.45, 7) is 4.92. The molecule has 3 aromatic carbocycles. The maximum atomic E-state index is 14.1. The Morgan fingerprint density at radius 1 is 0.905 bits per heavy atom. The number of methoxy groups -OCH3 is 2. The first-order chi connectivity index (χ1) is 20.0. The van der Waals surface area contributed by atoms with Gasteiger partial charge in [-0.1, -0.05) is 38.1 Å². The summed E-state index contributed by atoms with van der Waals surface area (Å²) in [6.07, 6.45) is 0.963. The molecule has 3 rings (SSSR count). The van der Waals surface area contributed by atoms with E-state index in [2.05, 4.69) is 5.32 Å². The van der Waals surface area contributed by atoms with Crippen LogP contribution in [-0.4, -0.2) is 58.0 Å². The van der Waals surface area contributed by atoms with Crippen LogP contribution in [0.1, 0.15) is 39.2 Å². The Hall–Kier alpha value is -4.12. The molecule has 3 aromatic rings. The lowest BCUT2D eigenvalue weighted by Crippen LogP contribution is -2.53. The first-order valence-corrected chi connectivity index (χ1v) is 15.1. The van der Waals surface area contributed by atoms with Crippen LogP contribution in [0.4, 0.5) is 10.1 Å². The highest BCUT2D eigenvalue weighted by Gasteiger charge is 2.35. The zero-order valence-electron chi connectivity index (χ0n) is 24.5. The summed E-state index contributed by atoms with van der Waals surface area (Å²) in [5.74, 6) is -0.699. The third-order valence-corrected chi connectivity index (χ3v) is 8.71. The van der Waals surface area contributed by atoms with Crippen molar-refractivity contribution in [1.29, 1.82) is 0 Å². The number of carbonyl (C=O) groups is 2. The maximum absolute atomic E-state index is 14.1. The standard InChI is InChI=1S/C31H38FN3O6S/c1-6-22(3)33-31(37)27(7-2)34(20-23-12-14-24(32)15-13-23)30(36)21-35(28-10-8-9-11-29(28)41-5)42(38,39)26-18-16-25(40-4)17-19-26/h8-19,22,27H,6-7,20-21H2,1-5H3,(H,33,37)/t22-,27-/m1/s1. The molecule has 0 fully saturated rings. The Balaban J connectivity index is 2.09. The molecule has 0 radical (unpaired) electrons. The van der Waals surface area contributed by atoms with E-state index in [1.807, 2.05) is 13.8 Å². The van der Waals surface area contributed by atoms with Crippen molar-refractivity contribution in [3.05, 3.63) is 84.2 Å². The highest BCUT2D eigenvalue weighted by Crippen LogP contribution is 2.33. The lowest BCUT2D eigenvalue weighted by molar-refractivity contribution is -0.140. The van der Waals surface area contributed by atoms with Crippen LogP contribution in [-0.2, 0) is 26.2 Å². The number of hydrogen-bond acceptors (Lipinski definition) is 6. The summed E-state index contributed by atoms with van der Waals surface area (Å²) in [4.78, 5) is 28.8. The van der Waals surface area contributed by atoms with Gasteiger partial charge in [-0.2, -0.15) is 0 Å². The second-order valence-electron chi connectivity index (χ2n) is 9.75. The number of sulfonamides is 1. The lowest BCUT2D eigenvalue weighted by atomic mass is 10.1. The minimum absolute atomic E-state index is 0.0338. The Morgan fingerprint density at radius 3 is 2.12 bits per heavy atom. The van der Waals surface area contributed by atoms with E-state index in [9.17, 15) is 22.4 Å². The molecule has 0 spiro atoms. The molecule has 0 saturated carbocycles. The molecule has 0 aliphatic heterocycles. The van der Waals surface area contributed by atoms with E-state index >= 15 is 0 Å². The van der Waals surface area contributed by atoms with Crippen molar-refractivity contribution in [3.63, 3.8) is 0 Å². The van der Waals surface area contributed by atoms with Crippen LogP contribution in [0, 0.1) is 5.82 Å². The van der Waals surface area contributed by atoms with Crippen LogP contribution in [0.15, 0.2) is 77.7 Å². The number of halogens is 1. The first-order valence-electron chi connectivity index (χ1n) is 13.7. The van der Waals surface area contributed by atoms with Gasteiger partial charge in [0.15, 0.2) is 0 Å². The molecular formula is C31H38FN3O6S. The van der Waals surface area contributed by atoms with Crippen LogP contribution in [0.3, 0.4) is 0 Å². The summed E-state index contributed by atoms with van der Waals surface area (Å²) in [5.41, 5.74) is 0.740. The average molecular weight is 600 g/mol. The number of nitrogens with one attached hydrogen (secondary N) is 1. The number of rotatable bonds is 14. The highest BCUT2D eigenvalue weighted by molar-refractivity contribution is 7.92. The molecule has 0 aromatic heterocycles. The van der Waals surface area contributed by atoms with E-state index in [1.165, 1.54) is 67.7 Å². The largest absolute Gasteiger partial charge is 0.497 e. The summed E-state index contributed by atoms with van der Waals surface area (Å²) in [6, 6.07) is 16.9. The summed E-state index contributed by atoms with van der Waals surface area (Å²) >= 11 is 0. The van der Waals surface area contributed by atoms with Gasteiger partial charge >= 0.3 is 0 Å². The highest BCUT2D eigenvalue weighted by atomic mass is 32.2. The molecule has 0 aliphatic carbocycles. The smallest absolute Gasteiger partial charge is 0.264 e. The fraction of sp³-hybridized carbons (Fsp3) is 0.355. The van der Waals surface area contributed by atoms with Gasteiger partial charge in [-0.3, -0.25) is 13.9 Å². The fourth-order valence-corrected chi connectivity index (χ4v) is 5.80. The summed E-state index contributed by atoms with van der Waals surface area (Å²) in [7, 11) is -1.41. The third-order valence-electron chi connectivity index (χ3n) is 6.93. The zero-order chi connectivity index (χ0) is 30.9. The molecule has 2 atom stereocenters. The average Bonchev–Trinajstić information content (AvgIpc) is 3.00. The fourth-order valence-electron chi connectivity index (χ4n) is 4.37. The molecule has 0 saturated heterocycles. The van der Waals surface area contributed by atoms with Gasteiger partial charge in [0.1, 0.15) is 29.9 Å². The van der Waals surface area contributed by atoms with Crippen molar-refractivity contribution in [1.82, 2.24) is 10.2 Å². The van der Waals surface area contributed by atoms with E-state index < -0.39 is 34.3 Å². The number of carbonyl (C=O) groups excluding carboxylic acids is 2. The number of amides is 2. The SMILES string of the molecule is CC[C@@H](C)NC(=O)[C@@H](CC)N(Cc1ccc(F)cc1)C(=O)CN(c1ccccc1OC)S(=O)(=O)c1ccc(OC)cc1. The van der Waals surface area contributed by atoms with Gasteiger partial charge in [0.25, 0.3) is 10.0 Å². The molecule has 9 nitrogen and oxygen atoms in total. The van der Waals surface area contributed by atoms with Gasteiger partial charge < -0.3 is 19.7 Å². The monoisotopic (exact) mass is 599 g/mol. The van der Waals surface area contributed by atoms with E-state index in [0.29, 0.717) is 17.7 Å². The minimum Gasteiger partial charge on any atom is -0.497 e. The van der Waals surface area contributed by atoms with Gasteiger partial charge in [-0.05, 0) is 73.9 Å². The second-order valence-corrected chi connectivity index (χ2v) is 11.6. The van der Waals surface area contributed by atoms with E-state index in [4.69, 9.17) is 9.47 Å². The van der Waals surface area contributed by atoms with E-state index in [1.54, 1.807) is 31.2 Å². The number of ether oxygens (including phenoxy) is 2. The van der Waals surface area contributed by atoms with Gasteiger partial charge in [-0.25, -0.2) is 12.8 Å². The quantitative estimate of drug-likeness (QED) is 0.287. The molecule has 2 amide bonds. The van der Waals surface area contributed by atoms with Crippen molar-refractivity contribution in [2.24, 2.45) is 0 Å². The Kier molecular flexibility index (Phi) is 11.3. The number of nitrogens with zero attached hydrogens (tertiary/aromatic N) is 2. The Morgan fingerprint density at radius 2 is 1.55 bits per heavy atom. The van der Waals surface area contributed by atoms with Gasteiger partial charge in [0.2, 0.25) is 11.8 Å². The second kappa shape index (κ2) is 14.7. The molecule has 226 valence electrons. The number of hydrogen-bond donors (Lipinski definition) is 1. The maximum Gasteiger partial charge on any atom is 0.264 e. The Bertz CT molecular complexity index is 1450. The molecule has 0 unspecified atom stereocenters. The zero-order valence-corrected chi connectivity index (χ0v) is 25.4. The normalized spacial score (nSPS) is 12.6. The number of benzene rings is 3. The summed E-state index contributed by atoms with van der Waals surface area (Å²) < 4.78 is 53.4. The predicted octanol–water partition coefficient (Wildman–Crippen LogP) is 4.76. The number of para-hydroxylation sites is 2. The molecule has 1 N–H and O–H groups in total. The van der Waals surface area contributed by atoms with Crippen molar-refractivity contribution >= 4 is 27.5 Å². The van der Waals surface area contributed by atoms with Crippen LogP contribution < -0.4 is 19.1 Å². The number of anilines is 1. The molecule has 0 heterocycles. The Labute approximate surface area is 247 Å². The van der Waals surface area contributed by atoms with Crippen LogP contribution in [0.5, 0.6) is 11.5 Å². The van der Waals surface area contributed by atoms with Crippen molar-refractivity contribution in [2.45, 2.75) is 57.1 Å². The van der Waals surface area contributed by atoms with E-state index in [-0.39, 0.29) is 41.2 Å². The third kappa shape index (κ3) is 7.79. The topological polar surface area (TPSA) is 105 Å². The van der Waals surface area contributed by atoms with Crippen molar-refractivity contribution < 1.29 is 31.9 Å². The predicted molar refractivity (Wildman–Crippen MR) is 159 cm³/mol. The molecule has 42 heavy (non-hydrogen) atoms. The van der Waals surface area contributed by atoms with Crippen molar-refractivity contribution in [2.75, 3.05) is 25.1 Å². The van der Waals surface area contributed by atoms with Crippen LogP contribution in [0.2, 0.25) is 0 Å². The summed E-state index contributed by atoms with van der Waals surface area (Å²) in [5, 5.41) is 2.92. The molecule has 11 heteroatoms. The van der Waals surface area contributed by atoms with Crippen LogP contribution in [0.25, 0.3) is 0 Å². The van der Waals surface area contributed by atoms with E-state index in [0.717, 1.165) is 4.31 Å². The molecule has 0 aliphatic rings. The van der Waals surface area contributed by atoms with Crippen molar-refractivity contribution in [3.8, 4) is 11.5 Å². The lowest BCUT2D eigenvalue weighted by Gasteiger charge is -2.34. The van der Waals surface area contributed by atoms with Gasteiger partial charge in [0.05, 0.1) is 24.8 Å². The minimum atomic E-state index is -4.29. The molecule has 0 bridgehead atoms.